The van der Waals surface area contributed by atoms with Crippen LogP contribution in [0.25, 0.3) is 11.1 Å². The van der Waals surface area contributed by atoms with Gasteiger partial charge in [0.2, 0.25) is 5.89 Å². The number of halogens is 1. The van der Waals surface area contributed by atoms with Gasteiger partial charge in [0, 0.05) is 23.6 Å². The van der Waals surface area contributed by atoms with E-state index in [-0.39, 0.29) is 5.91 Å². The SMILES string of the molecule is Cc1cc(-c2cccc(C(=O)N(C)Cc3noc(C4CC4)n3)c2)ccc1Cl. The van der Waals surface area contributed by atoms with Crippen molar-refractivity contribution in [2.75, 3.05) is 7.05 Å². The lowest BCUT2D eigenvalue weighted by Gasteiger charge is -2.15. The van der Waals surface area contributed by atoms with Gasteiger partial charge in [-0.2, -0.15) is 4.98 Å². The van der Waals surface area contributed by atoms with Gasteiger partial charge in [-0.05, 0) is 60.7 Å². The summed E-state index contributed by atoms with van der Waals surface area (Å²) in [5.41, 5.74) is 3.63. The largest absolute Gasteiger partial charge is 0.339 e. The fourth-order valence-electron chi connectivity index (χ4n) is 2.99. The second-order valence-electron chi connectivity index (χ2n) is 7.03. The first-order valence-electron chi connectivity index (χ1n) is 8.96. The second kappa shape index (κ2) is 7.16. The summed E-state index contributed by atoms with van der Waals surface area (Å²) in [6.07, 6.45) is 2.21. The van der Waals surface area contributed by atoms with E-state index >= 15 is 0 Å². The third-order valence-corrected chi connectivity index (χ3v) is 5.16. The molecule has 0 aliphatic heterocycles. The minimum absolute atomic E-state index is 0.0830. The maximum atomic E-state index is 12.8. The zero-order valence-corrected chi connectivity index (χ0v) is 16.0. The van der Waals surface area contributed by atoms with E-state index in [1.807, 2.05) is 49.4 Å². The van der Waals surface area contributed by atoms with Crippen LogP contribution >= 0.6 is 11.6 Å². The van der Waals surface area contributed by atoms with E-state index in [4.69, 9.17) is 16.1 Å². The molecule has 0 bridgehead atoms. The highest BCUT2D eigenvalue weighted by atomic mass is 35.5. The average Bonchev–Trinajstić information content (AvgIpc) is 3.43. The Kier molecular flexibility index (Phi) is 4.70. The topological polar surface area (TPSA) is 59.2 Å². The van der Waals surface area contributed by atoms with Crippen molar-refractivity contribution in [3.8, 4) is 11.1 Å². The standard InChI is InChI=1S/C21H20ClN3O2/c1-13-10-16(8-9-18(13)22)15-4-3-5-17(11-15)21(26)25(2)12-19-23-20(27-24-19)14-6-7-14/h3-5,8-11,14H,6-7,12H2,1-2H3. The van der Waals surface area contributed by atoms with Crippen LogP contribution in [0.15, 0.2) is 47.0 Å². The van der Waals surface area contributed by atoms with Crippen LogP contribution in [0, 0.1) is 6.92 Å². The highest BCUT2D eigenvalue weighted by molar-refractivity contribution is 6.31. The van der Waals surface area contributed by atoms with Crippen molar-refractivity contribution in [3.63, 3.8) is 0 Å². The van der Waals surface area contributed by atoms with E-state index in [0.717, 1.165) is 34.6 Å². The van der Waals surface area contributed by atoms with Crippen LogP contribution in [-0.4, -0.2) is 28.0 Å². The maximum Gasteiger partial charge on any atom is 0.254 e. The summed E-state index contributed by atoms with van der Waals surface area (Å²) in [6.45, 7) is 2.29. The molecule has 0 radical (unpaired) electrons. The summed E-state index contributed by atoms with van der Waals surface area (Å²) in [6, 6.07) is 13.4. The molecule has 1 aromatic heterocycles. The van der Waals surface area contributed by atoms with Gasteiger partial charge in [0.05, 0.1) is 6.54 Å². The number of benzene rings is 2. The monoisotopic (exact) mass is 381 g/mol. The lowest BCUT2D eigenvalue weighted by atomic mass is 10.0. The Hall–Kier alpha value is -2.66. The van der Waals surface area contributed by atoms with Crippen molar-refractivity contribution in [1.29, 1.82) is 0 Å². The first kappa shape index (κ1) is 17.7. The van der Waals surface area contributed by atoms with Gasteiger partial charge in [0.1, 0.15) is 0 Å². The van der Waals surface area contributed by atoms with Crippen molar-refractivity contribution in [2.45, 2.75) is 32.2 Å². The molecule has 3 aromatic rings. The summed E-state index contributed by atoms with van der Waals surface area (Å²) in [5.74, 6) is 1.55. The molecule has 1 fully saturated rings. The van der Waals surface area contributed by atoms with Gasteiger partial charge in [0.25, 0.3) is 5.91 Å². The fourth-order valence-corrected chi connectivity index (χ4v) is 3.11. The smallest absolute Gasteiger partial charge is 0.254 e. The highest BCUT2D eigenvalue weighted by Crippen LogP contribution is 2.38. The van der Waals surface area contributed by atoms with Gasteiger partial charge in [0.15, 0.2) is 5.82 Å². The summed E-state index contributed by atoms with van der Waals surface area (Å²) in [4.78, 5) is 18.8. The van der Waals surface area contributed by atoms with Crippen LogP contribution < -0.4 is 0 Å². The van der Waals surface area contributed by atoms with Gasteiger partial charge in [-0.15, -0.1) is 0 Å². The third-order valence-electron chi connectivity index (χ3n) is 4.74. The molecular weight excluding hydrogens is 362 g/mol. The zero-order valence-electron chi connectivity index (χ0n) is 15.3. The number of hydrogen-bond acceptors (Lipinski definition) is 4. The Morgan fingerprint density at radius 2 is 2.00 bits per heavy atom. The number of amides is 1. The molecule has 1 amide bonds. The van der Waals surface area contributed by atoms with Gasteiger partial charge in [-0.1, -0.05) is 35.0 Å². The minimum Gasteiger partial charge on any atom is -0.339 e. The highest BCUT2D eigenvalue weighted by Gasteiger charge is 2.29. The quantitative estimate of drug-likeness (QED) is 0.634. The van der Waals surface area contributed by atoms with Crippen molar-refractivity contribution in [3.05, 3.63) is 70.3 Å². The predicted molar refractivity (Wildman–Crippen MR) is 104 cm³/mol. The molecule has 138 valence electrons. The number of aryl methyl sites for hydroxylation is 1. The number of rotatable bonds is 5. The van der Waals surface area contributed by atoms with Crippen LogP contribution in [0.5, 0.6) is 0 Å². The molecule has 1 saturated carbocycles. The van der Waals surface area contributed by atoms with Gasteiger partial charge >= 0.3 is 0 Å². The Labute approximate surface area is 163 Å². The zero-order chi connectivity index (χ0) is 19.0. The Balaban J connectivity index is 1.51. The number of hydrogen-bond donors (Lipinski definition) is 0. The van der Waals surface area contributed by atoms with E-state index in [1.165, 1.54) is 0 Å². The Morgan fingerprint density at radius 1 is 1.22 bits per heavy atom. The first-order valence-corrected chi connectivity index (χ1v) is 9.33. The lowest BCUT2D eigenvalue weighted by molar-refractivity contribution is 0.0780. The molecular formula is C21H20ClN3O2. The molecule has 4 rings (SSSR count). The van der Waals surface area contributed by atoms with E-state index in [9.17, 15) is 4.79 Å². The summed E-state index contributed by atoms with van der Waals surface area (Å²) in [7, 11) is 1.74. The molecule has 1 heterocycles. The summed E-state index contributed by atoms with van der Waals surface area (Å²) < 4.78 is 5.26. The van der Waals surface area contributed by atoms with Crippen molar-refractivity contribution >= 4 is 17.5 Å². The van der Waals surface area contributed by atoms with Crippen LogP contribution in [0.1, 0.15) is 46.4 Å². The number of nitrogens with zero attached hydrogens (tertiary/aromatic N) is 3. The average molecular weight is 382 g/mol. The molecule has 2 aromatic carbocycles. The molecule has 0 unspecified atom stereocenters. The fraction of sp³-hybridized carbons (Fsp3) is 0.286. The van der Waals surface area contributed by atoms with Crippen LogP contribution in [-0.2, 0) is 6.54 Å². The minimum atomic E-state index is -0.0830. The molecule has 27 heavy (non-hydrogen) atoms. The number of carbonyl (C=O) groups excluding carboxylic acids is 1. The summed E-state index contributed by atoms with van der Waals surface area (Å²) >= 11 is 6.11. The number of carbonyl (C=O) groups is 1. The molecule has 6 heteroatoms. The van der Waals surface area contributed by atoms with Crippen LogP contribution in [0.2, 0.25) is 5.02 Å². The lowest BCUT2D eigenvalue weighted by Crippen LogP contribution is -2.26. The normalized spacial score (nSPS) is 13.6. The van der Waals surface area contributed by atoms with Crippen molar-refractivity contribution < 1.29 is 9.32 Å². The Morgan fingerprint density at radius 3 is 2.74 bits per heavy atom. The van der Waals surface area contributed by atoms with Crippen LogP contribution in [0.3, 0.4) is 0 Å². The third kappa shape index (κ3) is 3.88. The van der Waals surface area contributed by atoms with Gasteiger partial charge in [-0.25, -0.2) is 0 Å². The van der Waals surface area contributed by atoms with Crippen molar-refractivity contribution in [2.24, 2.45) is 0 Å². The van der Waals surface area contributed by atoms with E-state index in [1.54, 1.807) is 11.9 Å². The molecule has 0 atom stereocenters. The van der Waals surface area contributed by atoms with Gasteiger partial charge in [-0.3, -0.25) is 4.79 Å². The number of aromatic nitrogens is 2. The summed E-state index contributed by atoms with van der Waals surface area (Å²) in [5, 5.41) is 4.72. The predicted octanol–water partition coefficient (Wildman–Crippen LogP) is 4.85. The van der Waals surface area contributed by atoms with E-state index in [0.29, 0.717) is 29.7 Å². The second-order valence-corrected chi connectivity index (χ2v) is 7.44. The van der Waals surface area contributed by atoms with Crippen molar-refractivity contribution in [1.82, 2.24) is 15.0 Å². The van der Waals surface area contributed by atoms with Gasteiger partial charge < -0.3 is 9.42 Å². The maximum absolute atomic E-state index is 12.8. The first-order chi connectivity index (χ1) is 13.0. The van der Waals surface area contributed by atoms with E-state index in [2.05, 4.69) is 10.1 Å². The molecule has 1 aliphatic rings. The molecule has 0 spiro atoms. The van der Waals surface area contributed by atoms with E-state index < -0.39 is 0 Å². The molecule has 0 N–H and O–H groups in total. The molecule has 1 aliphatic carbocycles. The molecule has 0 saturated heterocycles. The molecule has 5 nitrogen and oxygen atoms in total. The van der Waals surface area contributed by atoms with Crippen LogP contribution in [0.4, 0.5) is 0 Å². The Bertz CT molecular complexity index is 995.